The summed E-state index contributed by atoms with van der Waals surface area (Å²) in [6.07, 6.45) is 22.1. The first-order chi connectivity index (χ1) is 28.7. The molecule has 0 bridgehead atoms. The lowest BCUT2D eigenvalue weighted by Crippen LogP contribution is -2.14. The fourth-order valence-corrected chi connectivity index (χ4v) is 11.7. The topological polar surface area (TPSA) is 6.48 Å². The molecule has 0 aliphatic heterocycles. The molecule has 0 spiro atoms. The lowest BCUT2D eigenvalue weighted by Gasteiger charge is -2.29. The van der Waals surface area contributed by atoms with Gasteiger partial charge in [-0.05, 0) is 266 Å². The van der Waals surface area contributed by atoms with Gasteiger partial charge in [-0.25, -0.2) is 0 Å². The Hall–Kier alpha value is -5.34. The molecule has 0 amide bonds. The Kier molecular flexibility index (Phi) is 8.48. The van der Waals surface area contributed by atoms with E-state index in [1.165, 1.54) is 170 Å². The van der Waals surface area contributed by atoms with Crippen molar-refractivity contribution in [1.29, 1.82) is 0 Å². The molecule has 6 aromatic carbocycles. The van der Waals surface area contributed by atoms with Crippen LogP contribution in [0.3, 0.4) is 0 Å². The first-order valence-electron chi connectivity index (χ1n) is 22.8. The van der Waals surface area contributed by atoms with Gasteiger partial charge < -0.3 is 9.80 Å². The summed E-state index contributed by atoms with van der Waals surface area (Å²) in [5.41, 5.74) is 29.0. The third-order valence-corrected chi connectivity index (χ3v) is 14.8. The predicted octanol–water partition coefficient (Wildman–Crippen LogP) is 14.2. The van der Waals surface area contributed by atoms with Crippen LogP contribution in [0, 0.1) is 0 Å². The van der Waals surface area contributed by atoms with Crippen molar-refractivity contribution < 1.29 is 0 Å². The fourth-order valence-electron chi connectivity index (χ4n) is 11.7. The summed E-state index contributed by atoms with van der Waals surface area (Å²) >= 11 is 0. The molecule has 0 saturated carbocycles. The maximum absolute atomic E-state index is 2.57. The second kappa shape index (κ2) is 14.2. The molecular formula is C56H54N2. The molecule has 0 heterocycles. The van der Waals surface area contributed by atoms with Gasteiger partial charge in [0.2, 0.25) is 0 Å². The second-order valence-corrected chi connectivity index (χ2v) is 18.3. The van der Waals surface area contributed by atoms with Gasteiger partial charge in [-0.2, -0.15) is 0 Å². The molecule has 0 radical (unpaired) electrons. The normalized spacial score (nSPS) is 17.4. The molecule has 2 heteroatoms. The van der Waals surface area contributed by atoms with Crippen LogP contribution in [0.1, 0.15) is 118 Å². The summed E-state index contributed by atoms with van der Waals surface area (Å²) in [4.78, 5) is 5.13. The number of allylic oxidation sites excluding steroid dienone is 2. The zero-order chi connectivity index (χ0) is 38.2. The quantitative estimate of drug-likeness (QED) is 0.167. The van der Waals surface area contributed by atoms with Gasteiger partial charge in [0.05, 0.1) is 0 Å². The number of rotatable bonds is 6. The van der Waals surface area contributed by atoms with E-state index >= 15 is 0 Å². The average molecular weight is 755 g/mol. The van der Waals surface area contributed by atoms with Crippen molar-refractivity contribution in [2.24, 2.45) is 0 Å². The molecule has 2 nitrogen and oxygen atoms in total. The van der Waals surface area contributed by atoms with Gasteiger partial charge in [-0.3, -0.25) is 0 Å². The molecule has 0 aromatic heterocycles. The summed E-state index contributed by atoms with van der Waals surface area (Å²) in [6.45, 7) is 0. The number of aryl methyl sites for hydroxylation is 8. The standard InChI is InChI=1S/C56H54N2/c1-5-13-41-29-47(23-17-37(41)9-1)57(48-24-18-38-10-2-6-14-42(38)30-48)51-27-21-45-33-56-54-36-52(28-22-46(54)34-55(56)53(45)35-51)58(49-25-19-39-11-3-7-15-43(39)31-49)50-26-20-40-12-4-8-16-44(40)32-50/h17-32,35-36H,1-16,33-34H2. The summed E-state index contributed by atoms with van der Waals surface area (Å²) in [6, 6.07) is 44.1. The first kappa shape index (κ1) is 34.7. The number of hydrogen-bond acceptors (Lipinski definition) is 2. The number of benzene rings is 6. The van der Waals surface area contributed by atoms with Crippen molar-refractivity contribution >= 4 is 45.3 Å². The monoisotopic (exact) mass is 754 g/mol. The van der Waals surface area contributed by atoms with Crippen molar-refractivity contribution in [1.82, 2.24) is 0 Å². The molecule has 6 aliphatic carbocycles. The van der Waals surface area contributed by atoms with E-state index in [9.17, 15) is 0 Å². The molecule has 0 atom stereocenters. The van der Waals surface area contributed by atoms with Gasteiger partial charge in [0, 0.05) is 34.1 Å². The maximum Gasteiger partial charge on any atom is 0.0467 e. The summed E-state index contributed by atoms with van der Waals surface area (Å²) in [5.74, 6) is 0. The van der Waals surface area contributed by atoms with Crippen molar-refractivity contribution in [3.05, 3.63) is 176 Å². The zero-order valence-corrected chi connectivity index (χ0v) is 34.0. The summed E-state index contributed by atoms with van der Waals surface area (Å²) in [7, 11) is 0. The lowest BCUT2D eigenvalue weighted by atomic mass is 9.90. The SMILES string of the molecule is c1cc2c(cc1N(c1ccc3c(c1)CCCC3)c1ccc3c(c1)C1=C(C3)c3cc(N(c4ccc5c(c4)CCCC5)c4ccc5c(c4)CCCC5)ccc3C1)CCCC2. The Bertz CT molecular complexity index is 2360. The first-order valence-corrected chi connectivity index (χ1v) is 22.8. The van der Waals surface area contributed by atoms with E-state index in [1.54, 1.807) is 44.5 Å². The van der Waals surface area contributed by atoms with Crippen LogP contribution in [0.2, 0.25) is 0 Å². The van der Waals surface area contributed by atoms with Gasteiger partial charge >= 0.3 is 0 Å². The highest BCUT2D eigenvalue weighted by molar-refractivity contribution is 6.04. The van der Waals surface area contributed by atoms with Crippen molar-refractivity contribution in [3.63, 3.8) is 0 Å². The van der Waals surface area contributed by atoms with Crippen LogP contribution >= 0.6 is 0 Å². The van der Waals surface area contributed by atoms with E-state index in [2.05, 4.69) is 119 Å². The van der Waals surface area contributed by atoms with Gasteiger partial charge in [0.25, 0.3) is 0 Å². The minimum Gasteiger partial charge on any atom is -0.310 e. The Balaban J connectivity index is 0.940. The molecule has 58 heavy (non-hydrogen) atoms. The van der Waals surface area contributed by atoms with Crippen LogP contribution in [0.5, 0.6) is 0 Å². The van der Waals surface area contributed by atoms with E-state index in [-0.39, 0.29) is 0 Å². The van der Waals surface area contributed by atoms with Crippen molar-refractivity contribution in [2.45, 2.75) is 116 Å². The molecule has 288 valence electrons. The molecule has 0 saturated heterocycles. The Morgan fingerprint density at radius 1 is 0.241 bits per heavy atom. The largest absolute Gasteiger partial charge is 0.310 e. The Morgan fingerprint density at radius 2 is 0.483 bits per heavy atom. The highest BCUT2D eigenvalue weighted by Crippen LogP contribution is 2.50. The third kappa shape index (κ3) is 5.97. The number of fused-ring (bicyclic) bond motifs is 8. The Labute approximate surface area is 345 Å². The van der Waals surface area contributed by atoms with Crippen molar-refractivity contribution in [2.75, 3.05) is 9.80 Å². The summed E-state index contributed by atoms with van der Waals surface area (Å²) in [5, 5.41) is 0. The van der Waals surface area contributed by atoms with Gasteiger partial charge in [-0.1, -0.05) is 36.4 Å². The molecule has 6 aliphatic rings. The van der Waals surface area contributed by atoms with E-state index < -0.39 is 0 Å². The van der Waals surface area contributed by atoms with Gasteiger partial charge in [-0.15, -0.1) is 0 Å². The van der Waals surface area contributed by atoms with E-state index in [0.717, 1.165) is 12.8 Å². The van der Waals surface area contributed by atoms with Crippen molar-refractivity contribution in [3.8, 4) is 0 Å². The van der Waals surface area contributed by atoms with Crippen LogP contribution < -0.4 is 9.80 Å². The van der Waals surface area contributed by atoms with E-state index in [1.807, 2.05) is 0 Å². The number of anilines is 6. The van der Waals surface area contributed by atoms with Crippen LogP contribution in [0.15, 0.2) is 109 Å². The molecular weight excluding hydrogens is 701 g/mol. The lowest BCUT2D eigenvalue weighted by molar-refractivity contribution is 0.685. The zero-order valence-electron chi connectivity index (χ0n) is 34.0. The molecule has 6 aromatic rings. The second-order valence-electron chi connectivity index (χ2n) is 18.3. The van der Waals surface area contributed by atoms with Crippen LogP contribution in [0.4, 0.5) is 34.1 Å². The molecule has 0 N–H and O–H groups in total. The van der Waals surface area contributed by atoms with Crippen LogP contribution in [-0.2, 0) is 64.2 Å². The maximum atomic E-state index is 2.57. The molecule has 12 rings (SSSR count). The molecule has 0 fully saturated rings. The average Bonchev–Trinajstić information content (AvgIpc) is 3.82. The third-order valence-electron chi connectivity index (χ3n) is 14.8. The Morgan fingerprint density at radius 3 is 0.776 bits per heavy atom. The number of hydrogen-bond donors (Lipinski definition) is 0. The van der Waals surface area contributed by atoms with Crippen LogP contribution in [-0.4, -0.2) is 0 Å². The fraction of sp³-hybridized carbons (Fsp3) is 0.321. The highest BCUT2D eigenvalue weighted by Gasteiger charge is 2.32. The van der Waals surface area contributed by atoms with E-state index in [4.69, 9.17) is 0 Å². The summed E-state index contributed by atoms with van der Waals surface area (Å²) < 4.78 is 0. The smallest absolute Gasteiger partial charge is 0.0467 e. The molecule has 0 unspecified atom stereocenters. The van der Waals surface area contributed by atoms with E-state index in [0.29, 0.717) is 0 Å². The van der Waals surface area contributed by atoms with Gasteiger partial charge in [0.1, 0.15) is 0 Å². The minimum absolute atomic E-state index is 1.01. The van der Waals surface area contributed by atoms with Gasteiger partial charge in [0.15, 0.2) is 0 Å². The van der Waals surface area contributed by atoms with Crippen LogP contribution in [0.25, 0.3) is 11.1 Å². The number of nitrogens with zero attached hydrogens (tertiary/aromatic N) is 2. The minimum atomic E-state index is 1.01. The highest BCUT2D eigenvalue weighted by atomic mass is 15.1. The predicted molar refractivity (Wildman–Crippen MR) is 243 cm³/mol.